The highest BCUT2D eigenvalue weighted by atomic mass is 15.2. The van der Waals surface area contributed by atoms with Crippen LogP contribution in [0, 0.1) is 0 Å². The lowest BCUT2D eigenvalue weighted by Crippen LogP contribution is -2.26. The molecule has 1 aliphatic rings. The zero-order chi connectivity index (χ0) is 12.1. The number of benzene rings is 1. The summed E-state index contributed by atoms with van der Waals surface area (Å²) in [7, 11) is 0. The summed E-state index contributed by atoms with van der Waals surface area (Å²) in [6, 6.07) is 8.47. The van der Waals surface area contributed by atoms with Crippen LogP contribution in [0.25, 0.3) is 0 Å². The molecule has 0 aromatic heterocycles. The predicted molar refractivity (Wildman–Crippen MR) is 73.9 cm³/mol. The first kappa shape index (κ1) is 11.8. The molecule has 17 heavy (non-hydrogen) atoms. The minimum absolute atomic E-state index is 0.861. The van der Waals surface area contributed by atoms with Gasteiger partial charge in [-0.05, 0) is 38.1 Å². The van der Waals surface area contributed by atoms with Crippen molar-refractivity contribution in [1.82, 2.24) is 5.32 Å². The minimum atomic E-state index is 0.861. The van der Waals surface area contributed by atoms with Crippen LogP contribution in [0.4, 0.5) is 11.4 Å². The molecule has 0 saturated heterocycles. The van der Waals surface area contributed by atoms with Gasteiger partial charge in [-0.3, -0.25) is 4.99 Å². The Balaban J connectivity index is 2.02. The van der Waals surface area contributed by atoms with Crippen molar-refractivity contribution in [1.29, 1.82) is 0 Å². The number of rotatable bonds is 4. The van der Waals surface area contributed by atoms with Crippen molar-refractivity contribution in [3.05, 3.63) is 24.3 Å². The van der Waals surface area contributed by atoms with Crippen LogP contribution in [0.1, 0.15) is 13.8 Å². The van der Waals surface area contributed by atoms with Gasteiger partial charge in [0, 0.05) is 31.0 Å². The van der Waals surface area contributed by atoms with E-state index < -0.39 is 0 Å². The highest BCUT2D eigenvalue weighted by Gasteiger charge is 2.05. The molecule has 1 aliphatic heterocycles. The number of hydrogen-bond donors (Lipinski definition) is 2. The maximum Gasteiger partial charge on any atom is 0.195 e. The van der Waals surface area contributed by atoms with Gasteiger partial charge in [-0.15, -0.1) is 0 Å². The first-order chi connectivity index (χ1) is 8.33. The third-order valence-corrected chi connectivity index (χ3v) is 2.93. The number of nitrogens with zero attached hydrogens (tertiary/aromatic N) is 2. The molecule has 4 heteroatoms. The first-order valence-electron chi connectivity index (χ1n) is 6.24. The van der Waals surface area contributed by atoms with Crippen LogP contribution in [0.15, 0.2) is 29.3 Å². The molecule has 0 amide bonds. The fourth-order valence-electron chi connectivity index (χ4n) is 1.96. The van der Waals surface area contributed by atoms with E-state index in [0.29, 0.717) is 0 Å². The molecule has 92 valence electrons. The minimum Gasteiger partial charge on any atom is -0.372 e. The van der Waals surface area contributed by atoms with Crippen molar-refractivity contribution in [2.75, 3.05) is 36.4 Å². The van der Waals surface area contributed by atoms with Gasteiger partial charge in [0.25, 0.3) is 0 Å². The second kappa shape index (κ2) is 5.57. The summed E-state index contributed by atoms with van der Waals surface area (Å²) >= 11 is 0. The number of guanidine groups is 1. The highest BCUT2D eigenvalue weighted by Crippen LogP contribution is 2.17. The van der Waals surface area contributed by atoms with Crippen LogP contribution in [-0.4, -0.2) is 32.1 Å². The molecule has 0 unspecified atom stereocenters. The third-order valence-electron chi connectivity index (χ3n) is 2.93. The number of aliphatic imine (C=N–C) groups is 1. The van der Waals surface area contributed by atoms with Crippen molar-refractivity contribution in [3.8, 4) is 0 Å². The van der Waals surface area contributed by atoms with E-state index in [0.717, 1.165) is 37.8 Å². The summed E-state index contributed by atoms with van der Waals surface area (Å²) in [6.45, 7) is 8.22. The molecule has 1 aromatic carbocycles. The lowest BCUT2D eigenvalue weighted by molar-refractivity contribution is 0.866. The first-order valence-corrected chi connectivity index (χ1v) is 6.24. The van der Waals surface area contributed by atoms with Gasteiger partial charge in [-0.25, -0.2) is 0 Å². The van der Waals surface area contributed by atoms with Crippen molar-refractivity contribution >= 4 is 17.3 Å². The van der Waals surface area contributed by atoms with Crippen LogP contribution in [0.5, 0.6) is 0 Å². The summed E-state index contributed by atoms with van der Waals surface area (Å²) in [6.07, 6.45) is 0. The van der Waals surface area contributed by atoms with Crippen LogP contribution in [0.2, 0.25) is 0 Å². The Morgan fingerprint density at radius 1 is 1.24 bits per heavy atom. The monoisotopic (exact) mass is 232 g/mol. The standard InChI is InChI=1S/C13H20N4/c1-3-17(4-2)12-7-5-11(6-8-12)16-13-14-9-10-15-13/h5-8H,3-4,9-10H2,1-2H3,(H2,14,15,16). The quantitative estimate of drug-likeness (QED) is 0.833. The maximum atomic E-state index is 4.30. The fraction of sp³-hybridized carbons (Fsp3) is 0.462. The molecule has 0 saturated carbocycles. The molecule has 0 spiro atoms. The van der Waals surface area contributed by atoms with E-state index in [1.165, 1.54) is 5.69 Å². The van der Waals surface area contributed by atoms with Crippen molar-refractivity contribution < 1.29 is 0 Å². The van der Waals surface area contributed by atoms with Gasteiger partial charge in [-0.2, -0.15) is 0 Å². The highest BCUT2D eigenvalue weighted by molar-refractivity contribution is 5.94. The van der Waals surface area contributed by atoms with Gasteiger partial charge in [0.1, 0.15) is 0 Å². The van der Waals surface area contributed by atoms with E-state index in [9.17, 15) is 0 Å². The van der Waals surface area contributed by atoms with Crippen LogP contribution in [-0.2, 0) is 0 Å². The summed E-state index contributed by atoms with van der Waals surface area (Å²) in [5.74, 6) is 0.876. The normalized spacial score (nSPS) is 14.1. The summed E-state index contributed by atoms with van der Waals surface area (Å²) in [5.41, 5.74) is 2.34. The maximum absolute atomic E-state index is 4.30. The van der Waals surface area contributed by atoms with Crippen LogP contribution < -0.4 is 15.5 Å². The molecule has 0 atom stereocenters. The van der Waals surface area contributed by atoms with Gasteiger partial charge in [0.2, 0.25) is 0 Å². The SMILES string of the molecule is CCN(CC)c1ccc(NC2=NCCN2)cc1. The van der Waals surface area contributed by atoms with Crippen LogP contribution in [0.3, 0.4) is 0 Å². The number of nitrogens with one attached hydrogen (secondary N) is 2. The van der Waals surface area contributed by atoms with E-state index >= 15 is 0 Å². The van der Waals surface area contributed by atoms with E-state index in [1.54, 1.807) is 0 Å². The lowest BCUT2D eigenvalue weighted by atomic mass is 10.2. The van der Waals surface area contributed by atoms with E-state index in [4.69, 9.17) is 0 Å². The van der Waals surface area contributed by atoms with Gasteiger partial charge in [0.15, 0.2) is 5.96 Å². The molecule has 2 N–H and O–H groups in total. The Hall–Kier alpha value is -1.71. The Morgan fingerprint density at radius 2 is 1.94 bits per heavy atom. The average molecular weight is 232 g/mol. The van der Waals surface area contributed by atoms with Crippen molar-refractivity contribution in [2.45, 2.75) is 13.8 Å². The van der Waals surface area contributed by atoms with E-state index in [1.807, 2.05) is 0 Å². The molecule has 4 nitrogen and oxygen atoms in total. The van der Waals surface area contributed by atoms with Gasteiger partial charge in [0.05, 0.1) is 6.54 Å². The molecule has 1 heterocycles. The van der Waals surface area contributed by atoms with Gasteiger partial charge >= 0.3 is 0 Å². The van der Waals surface area contributed by atoms with Gasteiger partial charge < -0.3 is 15.5 Å². The second-order valence-corrected chi connectivity index (χ2v) is 4.00. The molecular weight excluding hydrogens is 212 g/mol. The molecule has 0 radical (unpaired) electrons. The Labute approximate surface area is 103 Å². The topological polar surface area (TPSA) is 39.7 Å². The van der Waals surface area contributed by atoms with Crippen LogP contribution >= 0.6 is 0 Å². The summed E-state index contributed by atoms with van der Waals surface area (Å²) in [4.78, 5) is 6.63. The largest absolute Gasteiger partial charge is 0.372 e. The molecular formula is C13H20N4. The smallest absolute Gasteiger partial charge is 0.195 e. The second-order valence-electron chi connectivity index (χ2n) is 4.00. The molecule has 0 bridgehead atoms. The van der Waals surface area contributed by atoms with E-state index in [-0.39, 0.29) is 0 Å². The predicted octanol–water partition coefficient (Wildman–Crippen LogP) is 1.90. The fourth-order valence-corrected chi connectivity index (χ4v) is 1.96. The number of anilines is 2. The zero-order valence-electron chi connectivity index (χ0n) is 10.5. The van der Waals surface area contributed by atoms with Crippen molar-refractivity contribution in [3.63, 3.8) is 0 Å². The summed E-state index contributed by atoms with van der Waals surface area (Å²) < 4.78 is 0. The molecule has 0 aliphatic carbocycles. The Bertz CT molecular complexity index is 379. The average Bonchev–Trinajstić information content (AvgIpc) is 2.86. The van der Waals surface area contributed by atoms with Gasteiger partial charge in [-0.1, -0.05) is 0 Å². The molecule has 0 fully saturated rings. The Kier molecular flexibility index (Phi) is 3.85. The third kappa shape index (κ3) is 2.90. The van der Waals surface area contributed by atoms with Crippen molar-refractivity contribution in [2.24, 2.45) is 4.99 Å². The molecule has 2 rings (SSSR count). The lowest BCUT2D eigenvalue weighted by Gasteiger charge is -2.21. The number of hydrogen-bond acceptors (Lipinski definition) is 4. The Morgan fingerprint density at radius 3 is 2.47 bits per heavy atom. The van der Waals surface area contributed by atoms with E-state index in [2.05, 4.69) is 58.6 Å². The molecule has 1 aromatic rings. The summed E-state index contributed by atoms with van der Waals surface area (Å²) in [5, 5.41) is 6.46. The zero-order valence-corrected chi connectivity index (χ0v) is 10.5.